The van der Waals surface area contributed by atoms with Crippen molar-refractivity contribution in [1.82, 2.24) is 0 Å². The minimum atomic E-state index is -0.500. The SMILES string of the molecule is C=C1CC(=O)C(C2CC3C(=O)OC(=O)C3c3ccccc32)C1. The molecule has 1 heterocycles. The second kappa shape index (κ2) is 4.63. The number of benzene rings is 1. The summed E-state index contributed by atoms with van der Waals surface area (Å²) in [5.74, 6) is -1.81. The summed E-state index contributed by atoms with van der Waals surface area (Å²) in [5, 5.41) is 0. The van der Waals surface area contributed by atoms with Crippen LogP contribution < -0.4 is 0 Å². The van der Waals surface area contributed by atoms with Crippen molar-refractivity contribution in [3.63, 3.8) is 0 Å². The number of allylic oxidation sites excluding steroid dienone is 1. The van der Waals surface area contributed by atoms with Crippen LogP contribution in [-0.4, -0.2) is 17.7 Å². The van der Waals surface area contributed by atoms with Gasteiger partial charge in [-0.25, -0.2) is 0 Å². The Morgan fingerprint density at radius 1 is 0.955 bits per heavy atom. The van der Waals surface area contributed by atoms with Crippen LogP contribution >= 0.6 is 0 Å². The van der Waals surface area contributed by atoms with Gasteiger partial charge in [0.15, 0.2) is 0 Å². The maximum absolute atomic E-state index is 12.3. The second-order valence-corrected chi connectivity index (χ2v) is 6.50. The van der Waals surface area contributed by atoms with Gasteiger partial charge in [0.1, 0.15) is 5.78 Å². The third-order valence-corrected chi connectivity index (χ3v) is 5.23. The number of cyclic esters (lactones) is 2. The Hall–Kier alpha value is -2.23. The third kappa shape index (κ3) is 1.79. The molecule has 1 saturated carbocycles. The standard InChI is InChI=1S/C18H16O4/c1-9-6-13(15(19)7-9)12-8-14-16(18(21)22-17(14)20)11-5-3-2-4-10(11)12/h2-5,12-14,16H,1,6-8H2. The molecule has 0 spiro atoms. The molecule has 0 radical (unpaired) electrons. The number of hydrogen-bond donors (Lipinski definition) is 0. The van der Waals surface area contributed by atoms with Gasteiger partial charge in [-0.1, -0.05) is 36.4 Å². The van der Waals surface area contributed by atoms with Crippen LogP contribution in [0.2, 0.25) is 0 Å². The van der Waals surface area contributed by atoms with Crippen molar-refractivity contribution < 1.29 is 19.1 Å². The molecule has 2 aliphatic carbocycles. The molecular weight excluding hydrogens is 280 g/mol. The zero-order valence-corrected chi connectivity index (χ0v) is 12.1. The second-order valence-electron chi connectivity index (χ2n) is 6.50. The first-order valence-corrected chi connectivity index (χ1v) is 7.60. The quantitative estimate of drug-likeness (QED) is 0.454. The van der Waals surface area contributed by atoms with E-state index in [1.807, 2.05) is 24.3 Å². The van der Waals surface area contributed by atoms with Gasteiger partial charge in [0.2, 0.25) is 0 Å². The average Bonchev–Trinajstić information content (AvgIpc) is 2.97. The fraction of sp³-hybridized carbons (Fsp3) is 0.389. The van der Waals surface area contributed by atoms with Crippen molar-refractivity contribution in [2.45, 2.75) is 31.1 Å². The predicted octanol–water partition coefficient (Wildman–Crippen LogP) is 2.49. The lowest BCUT2D eigenvalue weighted by Gasteiger charge is -2.33. The van der Waals surface area contributed by atoms with Gasteiger partial charge < -0.3 is 4.74 Å². The molecule has 4 atom stereocenters. The largest absolute Gasteiger partial charge is 0.392 e. The molecule has 1 aliphatic heterocycles. The monoisotopic (exact) mass is 296 g/mol. The number of esters is 2. The number of carbonyl (C=O) groups is 3. The number of carbonyl (C=O) groups excluding carboxylic acids is 3. The summed E-state index contributed by atoms with van der Waals surface area (Å²) in [4.78, 5) is 36.3. The van der Waals surface area contributed by atoms with Crippen LogP contribution in [0.3, 0.4) is 0 Å². The zero-order valence-electron chi connectivity index (χ0n) is 12.1. The van der Waals surface area contributed by atoms with E-state index in [0.29, 0.717) is 19.3 Å². The number of ether oxygens (including phenoxy) is 1. The highest BCUT2D eigenvalue weighted by Crippen LogP contribution is 2.51. The van der Waals surface area contributed by atoms with Gasteiger partial charge in [-0.05, 0) is 29.9 Å². The van der Waals surface area contributed by atoms with Gasteiger partial charge in [-0.15, -0.1) is 0 Å². The summed E-state index contributed by atoms with van der Waals surface area (Å²) in [6.45, 7) is 3.93. The molecule has 1 aromatic rings. The van der Waals surface area contributed by atoms with E-state index in [-0.39, 0.29) is 17.6 Å². The molecule has 0 N–H and O–H groups in total. The molecule has 2 fully saturated rings. The van der Waals surface area contributed by atoms with Crippen molar-refractivity contribution >= 4 is 17.7 Å². The summed E-state index contributed by atoms with van der Waals surface area (Å²) < 4.78 is 4.84. The van der Waals surface area contributed by atoms with E-state index in [9.17, 15) is 14.4 Å². The summed E-state index contributed by atoms with van der Waals surface area (Å²) in [6.07, 6.45) is 1.62. The topological polar surface area (TPSA) is 60.4 Å². The van der Waals surface area contributed by atoms with Crippen molar-refractivity contribution in [2.75, 3.05) is 0 Å². The first-order valence-electron chi connectivity index (χ1n) is 7.60. The predicted molar refractivity (Wildman–Crippen MR) is 78.0 cm³/mol. The normalized spacial score (nSPS) is 33.6. The Kier molecular flexibility index (Phi) is 2.83. The molecule has 1 saturated heterocycles. The smallest absolute Gasteiger partial charge is 0.321 e. The Balaban J connectivity index is 1.81. The van der Waals surface area contributed by atoms with Crippen LogP contribution in [0.5, 0.6) is 0 Å². The van der Waals surface area contributed by atoms with E-state index in [1.165, 1.54) is 0 Å². The van der Waals surface area contributed by atoms with E-state index in [1.54, 1.807) is 0 Å². The number of ketones is 1. The highest BCUT2D eigenvalue weighted by Gasteiger charge is 2.52. The molecule has 0 aromatic heterocycles. The summed E-state index contributed by atoms with van der Waals surface area (Å²) in [6, 6.07) is 7.64. The fourth-order valence-electron chi connectivity index (χ4n) is 4.27. The van der Waals surface area contributed by atoms with E-state index in [0.717, 1.165) is 16.7 Å². The molecule has 112 valence electrons. The summed E-state index contributed by atoms with van der Waals surface area (Å²) in [7, 11) is 0. The van der Waals surface area contributed by atoms with E-state index in [4.69, 9.17) is 4.74 Å². The number of hydrogen-bond acceptors (Lipinski definition) is 4. The lowest BCUT2D eigenvalue weighted by Crippen LogP contribution is -2.30. The lowest BCUT2D eigenvalue weighted by atomic mass is 9.67. The van der Waals surface area contributed by atoms with Crippen molar-refractivity contribution in [3.8, 4) is 0 Å². The highest BCUT2D eigenvalue weighted by atomic mass is 16.6. The lowest BCUT2D eigenvalue weighted by molar-refractivity contribution is -0.153. The van der Waals surface area contributed by atoms with Crippen molar-refractivity contribution in [3.05, 3.63) is 47.5 Å². The Morgan fingerprint density at radius 2 is 1.68 bits per heavy atom. The Bertz CT molecular complexity index is 718. The van der Waals surface area contributed by atoms with Crippen LogP contribution in [-0.2, 0) is 19.1 Å². The first kappa shape index (κ1) is 13.4. The summed E-state index contributed by atoms with van der Waals surface area (Å²) >= 11 is 0. The van der Waals surface area contributed by atoms with Crippen LogP contribution in [0.15, 0.2) is 36.4 Å². The molecular formula is C18H16O4. The third-order valence-electron chi connectivity index (χ3n) is 5.23. The van der Waals surface area contributed by atoms with E-state index >= 15 is 0 Å². The van der Waals surface area contributed by atoms with E-state index < -0.39 is 23.8 Å². The molecule has 3 aliphatic rings. The van der Waals surface area contributed by atoms with Crippen LogP contribution in [0.4, 0.5) is 0 Å². The van der Waals surface area contributed by atoms with Gasteiger partial charge >= 0.3 is 11.9 Å². The van der Waals surface area contributed by atoms with E-state index in [2.05, 4.69) is 6.58 Å². The first-order chi connectivity index (χ1) is 10.6. The van der Waals surface area contributed by atoms with Gasteiger partial charge in [0.05, 0.1) is 11.8 Å². The van der Waals surface area contributed by atoms with Crippen molar-refractivity contribution in [2.24, 2.45) is 11.8 Å². The Labute approximate surface area is 128 Å². The fourth-order valence-corrected chi connectivity index (χ4v) is 4.27. The summed E-state index contributed by atoms with van der Waals surface area (Å²) in [5.41, 5.74) is 2.83. The molecule has 4 heteroatoms. The highest BCUT2D eigenvalue weighted by molar-refractivity contribution is 6.00. The number of fused-ring (bicyclic) bond motifs is 3. The van der Waals surface area contributed by atoms with Crippen LogP contribution in [0, 0.1) is 11.8 Å². The maximum atomic E-state index is 12.3. The maximum Gasteiger partial charge on any atom is 0.321 e. The van der Waals surface area contributed by atoms with Gasteiger partial charge in [0, 0.05) is 12.3 Å². The zero-order chi connectivity index (χ0) is 15.4. The molecule has 1 aromatic carbocycles. The molecule has 0 bridgehead atoms. The molecule has 0 amide bonds. The molecule has 4 unspecified atom stereocenters. The minimum Gasteiger partial charge on any atom is -0.392 e. The number of Topliss-reactive ketones (excluding diaryl/α,β-unsaturated/α-hetero) is 1. The average molecular weight is 296 g/mol. The van der Waals surface area contributed by atoms with Crippen LogP contribution in [0.1, 0.15) is 42.2 Å². The Morgan fingerprint density at radius 3 is 2.36 bits per heavy atom. The number of rotatable bonds is 1. The van der Waals surface area contributed by atoms with Gasteiger partial charge in [-0.3, -0.25) is 14.4 Å². The van der Waals surface area contributed by atoms with Crippen molar-refractivity contribution in [1.29, 1.82) is 0 Å². The van der Waals surface area contributed by atoms with Gasteiger partial charge in [0.25, 0.3) is 0 Å². The molecule has 4 rings (SSSR count). The van der Waals surface area contributed by atoms with Gasteiger partial charge in [-0.2, -0.15) is 0 Å². The van der Waals surface area contributed by atoms with Crippen LogP contribution in [0.25, 0.3) is 0 Å². The minimum absolute atomic E-state index is 0.0253. The molecule has 4 nitrogen and oxygen atoms in total. The molecule has 22 heavy (non-hydrogen) atoms.